The van der Waals surface area contributed by atoms with Gasteiger partial charge in [-0.25, -0.2) is 0 Å². The Labute approximate surface area is 195 Å². The monoisotopic (exact) mass is 467 g/mol. The molecule has 164 valence electrons. The zero-order valence-electron chi connectivity index (χ0n) is 17.5. The number of rotatable bonds is 7. The Morgan fingerprint density at radius 2 is 2.06 bits per heavy atom. The molecule has 1 amide bonds. The van der Waals surface area contributed by atoms with Crippen molar-refractivity contribution in [2.24, 2.45) is 7.05 Å². The third kappa shape index (κ3) is 4.74. The summed E-state index contributed by atoms with van der Waals surface area (Å²) in [7, 11) is 1.81. The van der Waals surface area contributed by atoms with Crippen molar-refractivity contribution in [3.05, 3.63) is 93.3 Å². The molecule has 1 atom stereocenters. The molecule has 0 saturated heterocycles. The van der Waals surface area contributed by atoms with Gasteiger partial charge in [0.25, 0.3) is 5.56 Å². The van der Waals surface area contributed by atoms with Gasteiger partial charge in [0.05, 0.1) is 5.56 Å². The topological polar surface area (TPSA) is 73.2 Å². The minimum Gasteiger partial charge on any atom is -0.490 e. The maximum Gasteiger partial charge on any atom is 0.279 e. The first-order valence-electron chi connectivity index (χ1n) is 10.1. The summed E-state index contributed by atoms with van der Waals surface area (Å²) in [6.07, 6.45) is 1.86. The van der Waals surface area contributed by atoms with Crippen molar-refractivity contribution in [3.8, 4) is 5.75 Å². The van der Waals surface area contributed by atoms with Crippen molar-refractivity contribution in [1.82, 2.24) is 9.55 Å². The number of benzene rings is 2. The lowest BCUT2D eigenvalue weighted by molar-refractivity contribution is -0.116. The van der Waals surface area contributed by atoms with Crippen LogP contribution in [0.25, 0.3) is 0 Å². The van der Waals surface area contributed by atoms with Crippen LogP contribution in [0.4, 0.5) is 5.82 Å². The summed E-state index contributed by atoms with van der Waals surface area (Å²) in [4.78, 5) is 29.9. The van der Waals surface area contributed by atoms with Crippen LogP contribution in [0.15, 0.2) is 71.1 Å². The maximum absolute atomic E-state index is 13.1. The Hall–Kier alpha value is -3.03. The smallest absolute Gasteiger partial charge is 0.279 e. The third-order valence-corrected chi connectivity index (χ3v) is 6.54. The number of fused-ring (bicyclic) bond motifs is 1. The van der Waals surface area contributed by atoms with Crippen molar-refractivity contribution in [1.29, 1.82) is 0 Å². The summed E-state index contributed by atoms with van der Waals surface area (Å²) >= 11 is 7.48. The van der Waals surface area contributed by atoms with Crippen molar-refractivity contribution < 1.29 is 9.53 Å². The summed E-state index contributed by atoms with van der Waals surface area (Å²) in [5.41, 5.74) is 2.06. The molecular formula is C24H22ClN3O3S. The van der Waals surface area contributed by atoms with E-state index in [1.807, 2.05) is 48.5 Å². The van der Waals surface area contributed by atoms with Gasteiger partial charge in [0, 0.05) is 30.2 Å². The fourth-order valence-corrected chi connectivity index (χ4v) is 4.80. The molecule has 0 fully saturated rings. The van der Waals surface area contributed by atoms with Gasteiger partial charge in [0.1, 0.15) is 18.2 Å². The van der Waals surface area contributed by atoms with Gasteiger partial charge in [-0.1, -0.05) is 60.3 Å². The summed E-state index contributed by atoms with van der Waals surface area (Å²) in [5, 5.41) is 4.06. The molecule has 8 heteroatoms. The minimum absolute atomic E-state index is 0.138. The van der Waals surface area contributed by atoms with Crippen LogP contribution in [0.5, 0.6) is 5.75 Å². The van der Waals surface area contributed by atoms with Crippen LogP contribution in [0.3, 0.4) is 0 Å². The first-order valence-corrected chi connectivity index (χ1v) is 11.4. The van der Waals surface area contributed by atoms with E-state index in [2.05, 4.69) is 16.9 Å². The van der Waals surface area contributed by atoms with E-state index in [0.717, 1.165) is 11.1 Å². The second-order valence-corrected chi connectivity index (χ2v) is 8.79. The van der Waals surface area contributed by atoms with E-state index in [1.165, 1.54) is 11.8 Å². The number of aromatic nitrogens is 2. The minimum atomic E-state index is -0.370. The predicted molar refractivity (Wildman–Crippen MR) is 128 cm³/mol. The number of hydrogen-bond acceptors (Lipinski definition) is 5. The number of carbonyl (C=O) groups is 1. The number of halogens is 1. The highest BCUT2D eigenvalue weighted by molar-refractivity contribution is 7.98. The molecule has 6 nitrogen and oxygen atoms in total. The number of nitrogens with one attached hydrogen (secondary N) is 1. The summed E-state index contributed by atoms with van der Waals surface area (Å²) < 4.78 is 7.31. The van der Waals surface area contributed by atoms with Crippen molar-refractivity contribution >= 4 is 35.1 Å². The quantitative estimate of drug-likeness (QED) is 0.308. The van der Waals surface area contributed by atoms with E-state index in [0.29, 0.717) is 39.7 Å². The summed E-state index contributed by atoms with van der Waals surface area (Å²) in [5.74, 6) is 1.29. The van der Waals surface area contributed by atoms with Crippen LogP contribution in [-0.2, 0) is 17.6 Å². The molecule has 1 aliphatic heterocycles. The molecule has 0 spiro atoms. The Morgan fingerprint density at radius 3 is 2.78 bits per heavy atom. The van der Waals surface area contributed by atoms with Crippen LogP contribution in [0.2, 0.25) is 5.02 Å². The second-order valence-electron chi connectivity index (χ2n) is 7.41. The van der Waals surface area contributed by atoms with Crippen LogP contribution >= 0.6 is 23.4 Å². The van der Waals surface area contributed by atoms with Crippen LogP contribution < -0.4 is 15.6 Å². The highest BCUT2D eigenvalue weighted by atomic mass is 35.5. The molecule has 1 unspecified atom stereocenters. The Kier molecular flexibility index (Phi) is 6.67. The van der Waals surface area contributed by atoms with Crippen molar-refractivity contribution in [2.45, 2.75) is 23.2 Å². The highest BCUT2D eigenvalue weighted by Gasteiger charge is 2.32. The number of amides is 1. The zero-order valence-corrected chi connectivity index (χ0v) is 19.1. The summed E-state index contributed by atoms with van der Waals surface area (Å²) in [6.45, 7) is 4.05. The van der Waals surface area contributed by atoms with Crippen LogP contribution in [0, 0.1) is 0 Å². The van der Waals surface area contributed by atoms with Crippen LogP contribution in [-0.4, -0.2) is 22.1 Å². The normalized spacial score (nSPS) is 15.1. The van der Waals surface area contributed by atoms with Gasteiger partial charge < -0.3 is 14.6 Å². The number of ether oxygens (including phenoxy) is 1. The van der Waals surface area contributed by atoms with E-state index in [4.69, 9.17) is 16.3 Å². The van der Waals surface area contributed by atoms with Crippen LogP contribution in [0.1, 0.15) is 29.0 Å². The molecule has 4 rings (SSSR count). The number of hydrogen-bond donors (Lipinski definition) is 1. The molecule has 32 heavy (non-hydrogen) atoms. The summed E-state index contributed by atoms with van der Waals surface area (Å²) in [6, 6.07) is 15.0. The molecule has 0 bridgehead atoms. The number of anilines is 1. The van der Waals surface area contributed by atoms with Crippen molar-refractivity contribution in [2.75, 3.05) is 11.9 Å². The van der Waals surface area contributed by atoms with Gasteiger partial charge in [0.15, 0.2) is 5.16 Å². The maximum atomic E-state index is 13.1. The van der Waals surface area contributed by atoms with E-state index in [1.54, 1.807) is 17.7 Å². The lowest BCUT2D eigenvalue weighted by Gasteiger charge is -2.27. The molecule has 3 aromatic rings. The molecule has 2 aromatic carbocycles. The molecule has 0 saturated carbocycles. The third-order valence-electron chi connectivity index (χ3n) is 5.21. The molecule has 1 aromatic heterocycles. The second kappa shape index (κ2) is 9.63. The Morgan fingerprint density at radius 1 is 1.28 bits per heavy atom. The molecule has 1 N–H and O–H groups in total. The van der Waals surface area contributed by atoms with E-state index in [-0.39, 0.29) is 23.8 Å². The van der Waals surface area contributed by atoms with Gasteiger partial charge in [-0.2, -0.15) is 4.98 Å². The Balaban J connectivity index is 1.65. The first-order chi connectivity index (χ1) is 15.5. The zero-order chi connectivity index (χ0) is 22.7. The van der Waals surface area contributed by atoms with Gasteiger partial charge in [-0.3, -0.25) is 9.59 Å². The van der Waals surface area contributed by atoms with Gasteiger partial charge >= 0.3 is 0 Å². The SMILES string of the molecule is C=CCOc1ccc(C2CC(=O)Nc3c2c(=O)nc(SCc2cccc(Cl)c2)n3C)cc1. The Bertz CT molecular complexity index is 1220. The van der Waals surface area contributed by atoms with Gasteiger partial charge in [-0.05, 0) is 35.4 Å². The first kappa shape index (κ1) is 22.2. The molecule has 1 aliphatic rings. The van der Waals surface area contributed by atoms with Gasteiger partial charge in [0.2, 0.25) is 5.91 Å². The van der Waals surface area contributed by atoms with Gasteiger partial charge in [-0.15, -0.1) is 0 Å². The average molecular weight is 468 g/mol. The average Bonchev–Trinajstić information content (AvgIpc) is 2.79. The number of carbonyl (C=O) groups excluding carboxylic acids is 1. The molecule has 0 aliphatic carbocycles. The lowest BCUT2D eigenvalue weighted by Crippen LogP contribution is -2.33. The predicted octanol–water partition coefficient (Wildman–Crippen LogP) is 4.76. The van der Waals surface area contributed by atoms with Crippen molar-refractivity contribution in [3.63, 3.8) is 0 Å². The molecule has 2 heterocycles. The van der Waals surface area contributed by atoms with E-state index in [9.17, 15) is 9.59 Å². The fraction of sp³-hybridized carbons (Fsp3) is 0.208. The molecule has 0 radical (unpaired) electrons. The molecular weight excluding hydrogens is 446 g/mol. The number of nitrogens with zero attached hydrogens (tertiary/aromatic N) is 2. The largest absolute Gasteiger partial charge is 0.490 e. The van der Waals surface area contributed by atoms with E-state index >= 15 is 0 Å². The fourth-order valence-electron chi connectivity index (χ4n) is 3.68. The lowest BCUT2D eigenvalue weighted by atomic mass is 9.87. The highest BCUT2D eigenvalue weighted by Crippen LogP contribution is 2.36. The van der Waals surface area contributed by atoms with E-state index < -0.39 is 0 Å². The standard InChI is InChI=1S/C24H22ClN3O3S/c1-3-11-31-18-9-7-16(8-10-18)19-13-20(29)26-22-21(19)23(30)27-24(28(22)2)32-14-15-5-4-6-17(25)12-15/h3-10,12,19H,1,11,13-14H2,2H3,(H,26,29). The number of thioether (sulfide) groups is 1.